The van der Waals surface area contributed by atoms with Gasteiger partial charge in [0.15, 0.2) is 0 Å². The summed E-state index contributed by atoms with van der Waals surface area (Å²) >= 11 is 0. The van der Waals surface area contributed by atoms with Crippen LogP contribution >= 0.6 is 0 Å². The van der Waals surface area contributed by atoms with E-state index in [-0.39, 0.29) is 17.3 Å². The minimum atomic E-state index is -0.732. The summed E-state index contributed by atoms with van der Waals surface area (Å²) in [6.45, 7) is 1.78. The van der Waals surface area contributed by atoms with E-state index < -0.39 is 17.0 Å². The molecule has 0 aromatic carbocycles. The van der Waals surface area contributed by atoms with Crippen molar-refractivity contribution in [2.45, 2.75) is 38.3 Å². The summed E-state index contributed by atoms with van der Waals surface area (Å²) in [7, 11) is 0. The average Bonchev–Trinajstić information content (AvgIpc) is 2.04. The van der Waals surface area contributed by atoms with Crippen molar-refractivity contribution in [3.63, 3.8) is 0 Å². The van der Waals surface area contributed by atoms with Crippen molar-refractivity contribution in [1.29, 1.82) is 0 Å². The molecule has 6 nitrogen and oxygen atoms in total. The molecule has 1 rings (SSSR count). The molecule has 0 N–H and O–H groups in total. The van der Waals surface area contributed by atoms with E-state index in [2.05, 4.69) is 0 Å². The van der Waals surface area contributed by atoms with Crippen LogP contribution in [0, 0.1) is 26.1 Å². The van der Waals surface area contributed by atoms with Gasteiger partial charge in [-0.05, 0) is 6.42 Å². The van der Waals surface area contributed by atoms with E-state index in [4.69, 9.17) is 0 Å². The Hall–Kier alpha value is -1.20. The molecule has 13 heavy (non-hydrogen) atoms. The van der Waals surface area contributed by atoms with Gasteiger partial charge in [-0.1, -0.05) is 6.92 Å². The second-order valence-electron chi connectivity index (χ2n) is 3.58. The van der Waals surface area contributed by atoms with Gasteiger partial charge in [0.25, 0.3) is 0 Å². The van der Waals surface area contributed by atoms with Crippen LogP contribution in [-0.2, 0) is 0 Å². The van der Waals surface area contributed by atoms with Crippen LogP contribution in [0.2, 0.25) is 0 Å². The summed E-state index contributed by atoms with van der Waals surface area (Å²) in [5.74, 6) is -0.0359. The van der Waals surface area contributed by atoms with Crippen molar-refractivity contribution in [2.75, 3.05) is 0 Å². The van der Waals surface area contributed by atoms with Crippen LogP contribution in [0.3, 0.4) is 0 Å². The van der Waals surface area contributed by atoms with Gasteiger partial charge < -0.3 is 0 Å². The van der Waals surface area contributed by atoms with Crippen LogP contribution in [0.15, 0.2) is 0 Å². The van der Waals surface area contributed by atoms with Gasteiger partial charge in [0, 0.05) is 22.2 Å². The van der Waals surface area contributed by atoms with Gasteiger partial charge in [-0.25, -0.2) is 0 Å². The van der Waals surface area contributed by atoms with Crippen LogP contribution in [0.5, 0.6) is 0 Å². The maximum Gasteiger partial charge on any atom is 0.222 e. The lowest BCUT2D eigenvalue weighted by atomic mass is 9.83. The van der Waals surface area contributed by atoms with E-state index in [0.29, 0.717) is 12.8 Å². The van der Waals surface area contributed by atoms with Crippen molar-refractivity contribution >= 4 is 0 Å². The topological polar surface area (TPSA) is 86.3 Å². The minimum Gasteiger partial charge on any atom is -0.264 e. The molecular formula is C7H12N2O4. The molecule has 1 aliphatic carbocycles. The largest absolute Gasteiger partial charge is 0.264 e. The van der Waals surface area contributed by atoms with Crippen molar-refractivity contribution < 1.29 is 9.85 Å². The van der Waals surface area contributed by atoms with Crippen LogP contribution in [0.4, 0.5) is 0 Å². The SMILES string of the molecule is CC1CCC([N+](=O)[O-])CC1[N+](=O)[O-]. The lowest BCUT2D eigenvalue weighted by Gasteiger charge is -2.23. The van der Waals surface area contributed by atoms with Crippen molar-refractivity contribution in [2.24, 2.45) is 5.92 Å². The van der Waals surface area contributed by atoms with Gasteiger partial charge in [0.2, 0.25) is 12.1 Å². The Kier molecular flexibility index (Phi) is 2.79. The quantitative estimate of drug-likeness (QED) is 0.479. The third-order valence-corrected chi connectivity index (χ3v) is 2.69. The number of nitrogens with zero attached hydrogens (tertiary/aromatic N) is 2. The van der Waals surface area contributed by atoms with E-state index in [0.717, 1.165) is 0 Å². The first-order chi connectivity index (χ1) is 6.02. The predicted octanol–water partition coefficient (Wildman–Crippen LogP) is 1.10. The fourth-order valence-corrected chi connectivity index (χ4v) is 1.76. The number of hydrogen-bond acceptors (Lipinski definition) is 4. The summed E-state index contributed by atoms with van der Waals surface area (Å²) in [5, 5.41) is 20.9. The van der Waals surface area contributed by atoms with E-state index >= 15 is 0 Å². The number of hydrogen-bond donors (Lipinski definition) is 0. The lowest BCUT2D eigenvalue weighted by Crippen LogP contribution is -2.39. The fourth-order valence-electron chi connectivity index (χ4n) is 1.76. The van der Waals surface area contributed by atoms with Crippen molar-refractivity contribution in [3.8, 4) is 0 Å². The molecule has 0 aliphatic heterocycles. The lowest BCUT2D eigenvalue weighted by molar-refractivity contribution is -0.573. The average molecular weight is 188 g/mol. The molecule has 0 radical (unpaired) electrons. The first-order valence-electron chi connectivity index (χ1n) is 4.29. The van der Waals surface area contributed by atoms with Crippen LogP contribution in [0.1, 0.15) is 26.2 Å². The standard InChI is InChI=1S/C7H12N2O4/c1-5-2-3-6(8(10)11)4-7(5)9(12)13/h5-7H,2-4H2,1H3. The molecule has 0 aromatic rings. The Labute approximate surface area is 75.2 Å². The normalized spacial score (nSPS) is 34.1. The predicted molar refractivity (Wildman–Crippen MR) is 44.6 cm³/mol. The van der Waals surface area contributed by atoms with Gasteiger partial charge >= 0.3 is 0 Å². The second-order valence-corrected chi connectivity index (χ2v) is 3.58. The van der Waals surface area contributed by atoms with E-state index in [1.807, 2.05) is 0 Å². The minimum absolute atomic E-state index is 0.0359. The van der Waals surface area contributed by atoms with Gasteiger partial charge in [-0.2, -0.15) is 0 Å². The van der Waals surface area contributed by atoms with Crippen LogP contribution in [0.25, 0.3) is 0 Å². The third-order valence-electron chi connectivity index (χ3n) is 2.69. The zero-order valence-corrected chi connectivity index (χ0v) is 7.38. The van der Waals surface area contributed by atoms with Crippen LogP contribution in [-0.4, -0.2) is 21.9 Å². The molecule has 0 bridgehead atoms. The molecule has 74 valence electrons. The maximum absolute atomic E-state index is 10.5. The van der Waals surface area contributed by atoms with Crippen LogP contribution < -0.4 is 0 Å². The Balaban J connectivity index is 2.63. The maximum atomic E-state index is 10.5. The van der Waals surface area contributed by atoms with Gasteiger partial charge in [0.1, 0.15) is 0 Å². The van der Waals surface area contributed by atoms with E-state index in [1.54, 1.807) is 6.92 Å². The first kappa shape index (κ1) is 9.88. The monoisotopic (exact) mass is 188 g/mol. The molecule has 3 atom stereocenters. The highest BCUT2D eigenvalue weighted by atomic mass is 16.6. The highest BCUT2D eigenvalue weighted by Gasteiger charge is 2.40. The molecule has 0 heterocycles. The molecule has 0 saturated heterocycles. The Morgan fingerprint density at radius 3 is 2.23 bits per heavy atom. The fraction of sp³-hybridized carbons (Fsp3) is 1.00. The Morgan fingerprint density at radius 1 is 1.15 bits per heavy atom. The molecular weight excluding hydrogens is 176 g/mol. The number of nitro groups is 2. The van der Waals surface area contributed by atoms with Gasteiger partial charge in [-0.3, -0.25) is 20.2 Å². The van der Waals surface area contributed by atoms with E-state index in [9.17, 15) is 20.2 Å². The summed E-state index contributed by atoms with van der Waals surface area (Å²) in [5.41, 5.74) is 0. The van der Waals surface area contributed by atoms with Gasteiger partial charge in [-0.15, -0.1) is 0 Å². The summed E-state index contributed by atoms with van der Waals surface area (Å²) in [4.78, 5) is 20.1. The highest BCUT2D eigenvalue weighted by molar-refractivity contribution is 4.77. The second kappa shape index (κ2) is 3.68. The molecule has 1 saturated carbocycles. The highest BCUT2D eigenvalue weighted by Crippen LogP contribution is 2.27. The summed E-state index contributed by atoms with van der Waals surface area (Å²) in [6.07, 6.45) is 1.14. The first-order valence-corrected chi connectivity index (χ1v) is 4.29. The third kappa shape index (κ3) is 2.13. The molecule has 1 aliphatic rings. The zero-order chi connectivity index (χ0) is 10.0. The molecule has 0 spiro atoms. The molecule has 0 amide bonds. The zero-order valence-electron chi connectivity index (χ0n) is 7.38. The molecule has 6 heteroatoms. The molecule has 0 aromatic heterocycles. The van der Waals surface area contributed by atoms with E-state index in [1.165, 1.54) is 0 Å². The Bertz CT molecular complexity index is 231. The van der Waals surface area contributed by atoms with Crippen molar-refractivity contribution in [3.05, 3.63) is 20.2 Å². The smallest absolute Gasteiger partial charge is 0.222 e. The Morgan fingerprint density at radius 2 is 1.77 bits per heavy atom. The molecule has 3 unspecified atom stereocenters. The van der Waals surface area contributed by atoms with Gasteiger partial charge in [0.05, 0.1) is 6.42 Å². The van der Waals surface area contributed by atoms with Crippen molar-refractivity contribution in [1.82, 2.24) is 0 Å². The summed E-state index contributed by atoms with van der Waals surface area (Å²) in [6, 6.07) is -1.45. The summed E-state index contributed by atoms with van der Waals surface area (Å²) < 4.78 is 0. The molecule has 1 fully saturated rings. The number of rotatable bonds is 2.